The van der Waals surface area contributed by atoms with E-state index in [9.17, 15) is 8.42 Å². The second kappa shape index (κ2) is 8.12. The van der Waals surface area contributed by atoms with E-state index in [1.165, 1.54) is 12.8 Å². The van der Waals surface area contributed by atoms with Crippen molar-refractivity contribution >= 4 is 9.84 Å². The highest BCUT2D eigenvalue weighted by atomic mass is 32.2. The van der Waals surface area contributed by atoms with Gasteiger partial charge < -0.3 is 10.5 Å². The lowest BCUT2D eigenvalue weighted by Crippen LogP contribution is -2.26. The molecule has 0 spiro atoms. The van der Waals surface area contributed by atoms with Crippen LogP contribution in [0.4, 0.5) is 0 Å². The summed E-state index contributed by atoms with van der Waals surface area (Å²) in [7, 11) is -2.83. The molecule has 0 radical (unpaired) electrons. The zero-order chi connectivity index (χ0) is 13.4. The van der Waals surface area contributed by atoms with Gasteiger partial charge in [0.15, 0.2) is 0 Å². The van der Waals surface area contributed by atoms with Crippen LogP contribution in [-0.2, 0) is 14.6 Å². The van der Waals surface area contributed by atoms with E-state index in [0.717, 1.165) is 32.3 Å². The maximum atomic E-state index is 11.3. The molecule has 1 saturated heterocycles. The fourth-order valence-electron chi connectivity index (χ4n) is 2.29. The minimum atomic E-state index is -2.83. The van der Waals surface area contributed by atoms with Gasteiger partial charge in [-0.2, -0.15) is 0 Å². The van der Waals surface area contributed by atoms with E-state index in [1.54, 1.807) is 6.92 Å². The van der Waals surface area contributed by atoms with Crippen LogP contribution in [0, 0.1) is 0 Å². The van der Waals surface area contributed by atoms with Crippen molar-refractivity contribution in [2.45, 2.75) is 64.0 Å². The molecule has 0 aromatic carbocycles. The summed E-state index contributed by atoms with van der Waals surface area (Å²) in [6.45, 7) is 2.57. The summed E-state index contributed by atoms with van der Waals surface area (Å²) < 4.78 is 28.3. The highest BCUT2D eigenvalue weighted by molar-refractivity contribution is 7.91. The second-order valence-electron chi connectivity index (χ2n) is 5.20. The molecule has 0 aromatic rings. The lowest BCUT2D eigenvalue weighted by Gasteiger charge is -2.23. The maximum absolute atomic E-state index is 11.3. The summed E-state index contributed by atoms with van der Waals surface area (Å²) >= 11 is 0. The van der Waals surface area contributed by atoms with Crippen LogP contribution in [0.25, 0.3) is 0 Å². The third-order valence-corrected chi connectivity index (χ3v) is 5.39. The van der Waals surface area contributed by atoms with Crippen molar-refractivity contribution in [2.24, 2.45) is 5.73 Å². The number of nitrogens with two attached hydrogens (primary N) is 1. The van der Waals surface area contributed by atoms with Gasteiger partial charge in [0.25, 0.3) is 0 Å². The molecule has 5 heteroatoms. The summed E-state index contributed by atoms with van der Waals surface area (Å²) in [6.07, 6.45) is 7.40. The summed E-state index contributed by atoms with van der Waals surface area (Å²) in [5.74, 6) is 0.509. The zero-order valence-corrected chi connectivity index (χ0v) is 12.3. The number of sulfone groups is 1. The van der Waals surface area contributed by atoms with Gasteiger partial charge in [0.2, 0.25) is 0 Å². The summed E-state index contributed by atoms with van der Waals surface area (Å²) in [4.78, 5) is 0. The van der Waals surface area contributed by atoms with Crippen LogP contribution in [0.2, 0.25) is 0 Å². The van der Waals surface area contributed by atoms with E-state index in [1.807, 2.05) is 0 Å². The lowest BCUT2D eigenvalue weighted by atomic mass is 10.00. The average molecular weight is 277 g/mol. The van der Waals surface area contributed by atoms with Crippen LogP contribution in [0.3, 0.4) is 0 Å². The minimum absolute atomic E-state index is 0.114. The first-order valence-corrected chi connectivity index (χ1v) is 8.93. The van der Waals surface area contributed by atoms with E-state index < -0.39 is 9.84 Å². The zero-order valence-electron chi connectivity index (χ0n) is 11.4. The van der Waals surface area contributed by atoms with E-state index in [-0.39, 0.29) is 17.5 Å². The number of hydrogen-bond donors (Lipinski definition) is 1. The van der Waals surface area contributed by atoms with Gasteiger partial charge in [-0.05, 0) is 44.9 Å². The van der Waals surface area contributed by atoms with Crippen molar-refractivity contribution in [3.8, 4) is 0 Å². The van der Waals surface area contributed by atoms with Gasteiger partial charge in [-0.25, -0.2) is 8.42 Å². The molecule has 1 rings (SSSR count). The van der Waals surface area contributed by atoms with E-state index >= 15 is 0 Å². The Balaban J connectivity index is 2.08. The molecule has 108 valence electrons. The first-order valence-electron chi connectivity index (χ1n) is 7.11. The molecule has 2 atom stereocenters. The highest BCUT2D eigenvalue weighted by Crippen LogP contribution is 2.18. The molecule has 1 aliphatic heterocycles. The van der Waals surface area contributed by atoms with Gasteiger partial charge in [0.05, 0.1) is 11.9 Å². The fourth-order valence-corrected chi connectivity index (χ4v) is 3.18. The summed E-state index contributed by atoms with van der Waals surface area (Å²) in [5.41, 5.74) is 6.01. The smallest absolute Gasteiger partial charge is 0.150 e. The molecule has 0 bridgehead atoms. The number of rotatable bonds is 8. The van der Waals surface area contributed by atoms with E-state index in [4.69, 9.17) is 10.5 Å². The standard InChI is InChI=1S/C13H27NO3S/c1-2-18(15,16)11-5-6-12(14)8-9-13-7-3-4-10-17-13/h12-13H,2-11,14H2,1H3. The van der Waals surface area contributed by atoms with Gasteiger partial charge in [-0.3, -0.25) is 0 Å². The largest absolute Gasteiger partial charge is 0.378 e. The molecule has 0 saturated carbocycles. The topological polar surface area (TPSA) is 69.4 Å². The van der Waals surface area contributed by atoms with Gasteiger partial charge in [0.1, 0.15) is 9.84 Å². The van der Waals surface area contributed by atoms with Crippen molar-refractivity contribution < 1.29 is 13.2 Å². The fraction of sp³-hybridized carbons (Fsp3) is 1.00. The van der Waals surface area contributed by atoms with Crippen LogP contribution in [0.5, 0.6) is 0 Å². The molecule has 1 aliphatic rings. The van der Waals surface area contributed by atoms with Crippen molar-refractivity contribution in [2.75, 3.05) is 18.1 Å². The van der Waals surface area contributed by atoms with E-state index in [2.05, 4.69) is 0 Å². The van der Waals surface area contributed by atoms with Crippen LogP contribution < -0.4 is 5.73 Å². The second-order valence-corrected chi connectivity index (χ2v) is 7.68. The molecule has 2 unspecified atom stereocenters. The Morgan fingerprint density at radius 2 is 2.11 bits per heavy atom. The Labute approximate surface area is 111 Å². The van der Waals surface area contributed by atoms with Crippen LogP contribution >= 0.6 is 0 Å². The molecular formula is C13H27NO3S. The molecule has 18 heavy (non-hydrogen) atoms. The average Bonchev–Trinajstić information content (AvgIpc) is 2.37. The van der Waals surface area contributed by atoms with Crippen LogP contribution in [0.15, 0.2) is 0 Å². The summed E-state index contributed by atoms with van der Waals surface area (Å²) in [5, 5.41) is 0. The molecule has 1 fully saturated rings. The van der Waals surface area contributed by atoms with Crippen LogP contribution in [-0.4, -0.2) is 38.7 Å². The molecule has 0 aromatic heterocycles. The SMILES string of the molecule is CCS(=O)(=O)CCCC(N)CCC1CCCCO1. The minimum Gasteiger partial charge on any atom is -0.378 e. The maximum Gasteiger partial charge on any atom is 0.150 e. The normalized spacial score (nSPS) is 22.9. The van der Waals surface area contributed by atoms with Crippen LogP contribution in [0.1, 0.15) is 51.9 Å². The number of hydrogen-bond acceptors (Lipinski definition) is 4. The van der Waals surface area contributed by atoms with E-state index in [0.29, 0.717) is 12.5 Å². The third kappa shape index (κ3) is 6.71. The lowest BCUT2D eigenvalue weighted by molar-refractivity contribution is 0.00903. The molecule has 1 heterocycles. The van der Waals surface area contributed by atoms with Crippen molar-refractivity contribution in [3.63, 3.8) is 0 Å². The predicted molar refractivity (Wildman–Crippen MR) is 74.4 cm³/mol. The molecule has 4 nitrogen and oxygen atoms in total. The third-order valence-electron chi connectivity index (χ3n) is 3.60. The Bertz CT molecular complexity index is 310. The Hall–Kier alpha value is -0.130. The Morgan fingerprint density at radius 1 is 1.33 bits per heavy atom. The first-order chi connectivity index (χ1) is 8.53. The van der Waals surface area contributed by atoms with Gasteiger partial charge >= 0.3 is 0 Å². The Kier molecular flexibility index (Phi) is 7.19. The molecular weight excluding hydrogens is 250 g/mol. The molecule has 0 aliphatic carbocycles. The first kappa shape index (κ1) is 15.9. The van der Waals surface area contributed by atoms with Crippen molar-refractivity contribution in [3.05, 3.63) is 0 Å². The van der Waals surface area contributed by atoms with Gasteiger partial charge in [-0.15, -0.1) is 0 Å². The van der Waals surface area contributed by atoms with Gasteiger partial charge in [0, 0.05) is 18.4 Å². The van der Waals surface area contributed by atoms with Gasteiger partial charge in [-0.1, -0.05) is 6.92 Å². The Morgan fingerprint density at radius 3 is 2.72 bits per heavy atom. The van der Waals surface area contributed by atoms with Crippen molar-refractivity contribution in [1.82, 2.24) is 0 Å². The van der Waals surface area contributed by atoms with Crippen molar-refractivity contribution in [1.29, 1.82) is 0 Å². The monoisotopic (exact) mass is 277 g/mol. The quantitative estimate of drug-likeness (QED) is 0.735. The molecule has 2 N–H and O–H groups in total. The summed E-state index contributed by atoms with van der Waals surface area (Å²) in [6, 6.07) is 0.114. The molecule has 0 amide bonds. The highest BCUT2D eigenvalue weighted by Gasteiger charge is 2.15. The predicted octanol–water partition coefficient (Wildman–Crippen LogP) is 1.88. The number of ether oxygens (including phenoxy) is 1.